The fourth-order valence-corrected chi connectivity index (χ4v) is 5.29. The number of ether oxygens (including phenoxy) is 1. The third kappa shape index (κ3) is 3.70. The number of aromatic nitrogens is 2. The second-order valence-electron chi connectivity index (χ2n) is 9.53. The van der Waals surface area contributed by atoms with Gasteiger partial charge in [0.25, 0.3) is 5.89 Å². The summed E-state index contributed by atoms with van der Waals surface area (Å²) in [7, 11) is 0. The normalized spacial score (nSPS) is 21.7. The SMILES string of the molecule is O=C1CC2(CCc3c(-c4noc(-c5ccc(OCC6CC6)cc5)n4)cccc32)CN1CCO. The quantitative estimate of drug-likeness (QED) is 0.598. The molecular weight excluding hydrogens is 418 g/mol. The van der Waals surface area contributed by atoms with E-state index in [9.17, 15) is 9.90 Å². The van der Waals surface area contributed by atoms with Crippen molar-refractivity contribution >= 4 is 5.91 Å². The highest BCUT2D eigenvalue weighted by molar-refractivity contribution is 5.82. The molecule has 1 N–H and O–H groups in total. The van der Waals surface area contributed by atoms with Crippen LogP contribution < -0.4 is 4.74 Å². The number of amides is 1. The molecule has 1 saturated carbocycles. The molecule has 2 fully saturated rings. The lowest BCUT2D eigenvalue weighted by atomic mass is 9.80. The summed E-state index contributed by atoms with van der Waals surface area (Å²) in [4.78, 5) is 19.0. The Kier molecular flexibility index (Phi) is 4.94. The maximum atomic E-state index is 12.5. The lowest BCUT2D eigenvalue weighted by molar-refractivity contribution is -0.128. The van der Waals surface area contributed by atoms with Crippen molar-refractivity contribution in [1.82, 2.24) is 15.0 Å². The summed E-state index contributed by atoms with van der Waals surface area (Å²) in [5.41, 5.74) is 4.06. The summed E-state index contributed by atoms with van der Waals surface area (Å²) < 4.78 is 11.4. The van der Waals surface area contributed by atoms with Crippen LogP contribution in [-0.2, 0) is 16.6 Å². The highest BCUT2D eigenvalue weighted by atomic mass is 16.5. The topological polar surface area (TPSA) is 88.7 Å². The second kappa shape index (κ2) is 7.99. The molecule has 33 heavy (non-hydrogen) atoms. The van der Waals surface area contributed by atoms with Crippen LogP contribution in [0.15, 0.2) is 47.0 Å². The number of benzene rings is 2. The van der Waals surface area contributed by atoms with Gasteiger partial charge in [0.1, 0.15) is 5.75 Å². The molecule has 0 radical (unpaired) electrons. The summed E-state index contributed by atoms with van der Waals surface area (Å²) in [5, 5.41) is 13.6. The van der Waals surface area contributed by atoms with Gasteiger partial charge in [0.2, 0.25) is 11.7 Å². The zero-order chi connectivity index (χ0) is 22.4. The molecule has 1 unspecified atom stereocenters. The first-order valence-electron chi connectivity index (χ1n) is 11.7. The Morgan fingerprint density at radius 3 is 2.82 bits per heavy atom. The van der Waals surface area contributed by atoms with Crippen LogP contribution in [-0.4, -0.2) is 52.4 Å². The molecule has 7 nitrogen and oxygen atoms in total. The number of β-amino-alcohol motifs (C(OH)–C–C–N with tert-alkyl or cyclic N) is 1. The zero-order valence-corrected chi connectivity index (χ0v) is 18.5. The van der Waals surface area contributed by atoms with Gasteiger partial charge in [-0.15, -0.1) is 0 Å². The first-order valence-corrected chi connectivity index (χ1v) is 11.7. The molecule has 1 atom stereocenters. The number of hydrogen-bond acceptors (Lipinski definition) is 6. The van der Waals surface area contributed by atoms with Gasteiger partial charge < -0.3 is 19.3 Å². The molecule has 7 heteroatoms. The Balaban J connectivity index is 1.25. The predicted octanol–water partition coefficient (Wildman–Crippen LogP) is 3.60. The van der Waals surface area contributed by atoms with E-state index in [0.29, 0.717) is 31.2 Å². The van der Waals surface area contributed by atoms with Crippen molar-refractivity contribution in [1.29, 1.82) is 0 Å². The molecule has 2 aromatic carbocycles. The van der Waals surface area contributed by atoms with E-state index < -0.39 is 0 Å². The summed E-state index contributed by atoms with van der Waals surface area (Å²) in [6.07, 6.45) is 4.83. The summed E-state index contributed by atoms with van der Waals surface area (Å²) in [6, 6.07) is 14.0. The van der Waals surface area contributed by atoms with Crippen LogP contribution in [0.25, 0.3) is 22.8 Å². The molecule has 1 aromatic heterocycles. The van der Waals surface area contributed by atoms with Crippen molar-refractivity contribution in [2.45, 2.75) is 37.5 Å². The minimum atomic E-state index is -0.180. The summed E-state index contributed by atoms with van der Waals surface area (Å²) in [6.45, 7) is 1.84. The van der Waals surface area contributed by atoms with Crippen LogP contribution in [0.4, 0.5) is 0 Å². The van der Waals surface area contributed by atoms with E-state index in [1.807, 2.05) is 36.4 Å². The number of carbonyl (C=O) groups excluding carboxylic acids is 1. The monoisotopic (exact) mass is 445 g/mol. The lowest BCUT2D eigenvalue weighted by Gasteiger charge is -2.24. The number of rotatable bonds is 7. The predicted molar refractivity (Wildman–Crippen MR) is 122 cm³/mol. The average Bonchev–Trinajstić information content (AvgIpc) is 3.27. The first kappa shape index (κ1) is 20.4. The number of fused-ring (bicyclic) bond motifs is 2. The molecular formula is C26H27N3O4. The first-order chi connectivity index (χ1) is 16.1. The van der Waals surface area contributed by atoms with Gasteiger partial charge in [0.05, 0.1) is 13.2 Å². The Bertz CT molecular complexity index is 1180. The van der Waals surface area contributed by atoms with Crippen molar-refractivity contribution in [2.24, 2.45) is 5.92 Å². The van der Waals surface area contributed by atoms with E-state index in [-0.39, 0.29) is 17.9 Å². The second-order valence-corrected chi connectivity index (χ2v) is 9.53. The molecule has 170 valence electrons. The minimum absolute atomic E-state index is 0.00598. The summed E-state index contributed by atoms with van der Waals surface area (Å²) in [5.74, 6) is 2.75. The Hall–Kier alpha value is -3.19. The minimum Gasteiger partial charge on any atom is -0.493 e. The van der Waals surface area contributed by atoms with Crippen molar-refractivity contribution in [3.05, 3.63) is 53.6 Å². The van der Waals surface area contributed by atoms with Gasteiger partial charge >= 0.3 is 0 Å². The van der Waals surface area contributed by atoms with Crippen molar-refractivity contribution < 1.29 is 19.2 Å². The molecule has 6 rings (SSSR count). The van der Waals surface area contributed by atoms with E-state index in [2.05, 4.69) is 16.2 Å². The molecule has 2 aliphatic carbocycles. The number of aliphatic hydroxyl groups excluding tert-OH is 1. The van der Waals surface area contributed by atoms with Gasteiger partial charge in [0, 0.05) is 36.1 Å². The van der Waals surface area contributed by atoms with E-state index in [1.54, 1.807) is 4.90 Å². The van der Waals surface area contributed by atoms with Crippen LogP contribution in [0.3, 0.4) is 0 Å². The smallest absolute Gasteiger partial charge is 0.258 e. The van der Waals surface area contributed by atoms with Gasteiger partial charge in [0.15, 0.2) is 0 Å². The third-order valence-corrected chi connectivity index (χ3v) is 7.26. The van der Waals surface area contributed by atoms with Gasteiger partial charge in [-0.25, -0.2) is 0 Å². The number of aliphatic hydroxyl groups is 1. The molecule has 3 aromatic rings. The standard InChI is InChI=1S/C26H27N3O4/c30-13-12-29-16-26(14-23(29)31)11-10-20-21(2-1-3-22(20)26)24-27-25(33-28-24)18-6-8-19(9-7-18)32-15-17-4-5-17/h1-3,6-9,17,30H,4-5,10-16H2. The maximum absolute atomic E-state index is 12.5. The van der Waals surface area contributed by atoms with Crippen molar-refractivity contribution in [2.75, 3.05) is 26.3 Å². The van der Waals surface area contributed by atoms with Gasteiger partial charge in [-0.3, -0.25) is 4.79 Å². The molecule has 1 aliphatic heterocycles. The van der Waals surface area contributed by atoms with Crippen LogP contribution in [0.2, 0.25) is 0 Å². The molecule has 2 heterocycles. The highest BCUT2D eigenvalue weighted by Crippen LogP contribution is 2.48. The van der Waals surface area contributed by atoms with Crippen LogP contribution in [0.1, 0.15) is 36.8 Å². The molecule has 0 bridgehead atoms. The van der Waals surface area contributed by atoms with E-state index >= 15 is 0 Å². The van der Waals surface area contributed by atoms with Gasteiger partial charge in [-0.1, -0.05) is 23.4 Å². The lowest BCUT2D eigenvalue weighted by Crippen LogP contribution is -2.32. The van der Waals surface area contributed by atoms with Gasteiger partial charge in [-0.2, -0.15) is 4.98 Å². The largest absolute Gasteiger partial charge is 0.493 e. The van der Waals surface area contributed by atoms with Crippen molar-refractivity contribution in [3.8, 4) is 28.6 Å². The molecule has 1 spiro atoms. The number of likely N-dealkylation sites (tertiary alicyclic amines) is 1. The highest BCUT2D eigenvalue weighted by Gasteiger charge is 2.48. The van der Waals surface area contributed by atoms with Crippen molar-refractivity contribution in [3.63, 3.8) is 0 Å². The zero-order valence-electron chi connectivity index (χ0n) is 18.5. The maximum Gasteiger partial charge on any atom is 0.258 e. The Labute approximate surface area is 192 Å². The number of nitrogens with zero attached hydrogens (tertiary/aromatic N) is 3. The van der Waals surface area contributed by atoms with Crippen LogP contribution in [0.5, 0.6) is 5.75 Å². The van der Waals surface area contributed by atoms with E-state index in [0.717, 1.165) is 42.2 Å². The number of carbonyl (C=O) groups is 1. The Morgan fingerprint density at radius 1 is 1.18 bits per heavy atom. The average molecular weight is 446 g/mol. The fourth-order valence-electron chi connectivity index (χ4n) is 5.29. The Morgan fingerprint density at radius 2 is 2.03 bits per heavy atom. The van der Waals surface area contributed by atoms with Gasteiger partial charge in [-0.05, 0) is 67.0 Å². The van der Waals surface area contributed by atoms with Crippen LogP contribution >= 0.6 is 0 Å². The molecule has 3 aliphatic rings. The summed E-state index contributed by atoms with van der Waals surface area (Å²) >= 11 is 0. The third-order valence-electron chi connectivity index (χ3n) is 7.26. The van der Waals surface area contributed by atoms with Crippen LogP contribution in [0, 0.1) is 5.92 Å². The van der Waals surface area contributed by atoms with E-state index in [1.165, 1.54) is 24.0 Å². The molecule has 1 saturated heterocycles. The molecule has 1 amide bonds. The van der Waals surface area contributed by atoms with E-state index in [4.69, 9.17) is 9.26 Å². The fraction of sp³-hybridized carbons (Fsp3) is 0.423. The number of hydrogen-bond donors (Lipinski definition) is 1.